The molecule has 3 rings (SSSR count). The van der Waals surface area contributed by atoms with Crippen molar-refractivity contribution in [1.29, 1.82) is 5.41 Å². The van der Waals surface area contributed by atoms with E-state index in [0.29, 0.717) is 6.61 Å². The molecule has 0 amide bonds. The number of nitrogens with one attached hydrogen (secondary N) is 1. The Hall–Kier alpha value is -2.30. The molecule has 0 spiro atoms. The SMILES string of the molecule is C[C@@H](/C=C/COC(=N)C(Cl)(Cl)Cl)COC(c1ccccc1)(c1ccccc1)c1ccccc1. The number of hydrogen-bond donors (Lipinski definition) is 1. The Kier molecular flexibility index (Phi) is 8.99. The van der Waals surface area contributed by atoms with Crippen LogP contribution >= 0.6 is 34.8 Å². The first-order valence-corrected chi connectivity index (χ1v) is 11.7. The topological polar surface area (TPSA) is 42.3 Å². The third kappa shape index (κ3) is 6.61. The number of alkyl halides is 3. The Bertz CT molecular complexity index is 939. The number of hydrogen-bond acceptors (Lipinski definition) is 3. The lowest BCUT2D eigenvalue weighted by molar-refractivity contribution is 0.00178. The largest absolute Gasteiger partial charge is 0.474 e. The summed E-state index contributed by atoms with van der Waals surface area (Å²) in [7, 11) is 0. The molecule has 0 saturated heterocycles. The molecule has 0 radical (unpaired) electrons. The van der Waals surface area contributed by atoms with Gasteiger partial charge in [-0.1, -0.05) is 145 Å². The summed E-state index contributed by atoms with van der Waals surface area (Å²) in [6, 6.07) is 30.7. The molecule has 0 bridgehead atoms. The second-order valence-corrected chi connectivity index (χ2v) is 9.91. The number of benzene rings is 3. The lowest BCUT2D eigenvalue weighted by Crippen LogP contribution is -2.34. The van der Waals surface area contributed by atoms with Crippen LogP contribution in [-0.4, -0.2) is 22.9 Å². The molecule has 33 heavy (non-hydrogen) atoms. The summed E-state index contributed by atoms with van der Waals surface area (Å²) in [6.07, 6.45) is 3.77. The van der Waals surface area contributed by atoms with Crippen LogP contribution in [0.3, 0.4) is 0 Å². The third-order valence-electron chi connectivity index (χ3n) is 5.15. The van der Waals surface area contributed by atoms with E-state index in [1.54, 1.807) is 6.08 Å². The van der Waals surface area contributed by atoms with Crippen molar-refractivity contribution in [3.63, 3.8) is 0 Å². The maximum absolute atomic E-state index is 7.60. The first-order valence-electron chi connectivity index (χ1n) is 10.6. The zero-order chi connectivity index (χ0) is 23.7. The Morgan fingerprint density at radius 2 is 1.24 bits per heavy atom. The van der Waals surface area contributed by atoms with Crippen molar-refractivity contribution >= 4 is 40.7 Å². The molecule has 0 aliphatic carbocycles. The molecule has 172 valence electrons. The smallest absolute Gasteiger partial charge is 0.265 e. The van der Waals surface area contributed by atoms with E-state index in [2.05, 4.69) is 43.3 Å². The summed E-state index contributed by atoms with van der Waals surface area (Å²) in [4.78, 5) is 0. The van der Waals surface area contributed by atoms with Crippen LogP contribution in [0.5, 0.6) is 0 Å². The highest BCUT2D eigenvalue weighted by molar-refractivity contribution is 6.76. The molecule has 0 unspecified atom stereocenters. The predicted octanol–water partition coefficient (Wildman–Crippen LogP) is 7.55. The average Bonchev–Trinajstić information content (AvgIpc) is 2.83. The molecule has 1 N–H and O–H groups in total. The molecule has 3 nitrogen and oxygen atoms in total. The summed E-state index contributed by atoms with van der Waals surface area (Å²) in [5.41, 5.74) is 2.40. The van der Waals surface area contributed by atoms with Crippen LogP contribution in [0, 0.1) is 11.3 Å². The van der Waals surface area contributed by atoms with Crippen LogP contribution in [0.15, 0.2) is 103 Å². The molecule has 0 aromatic heterocycles. The highest BCUT2D eigenvalue weighted by Gasteiger charge is 2.37. The Morgan fingerprint density at radius 3 is 1.64 bits per heavy atom. The monoisotopic (exact) mass is 501 g/mol. The van der Waals surface area contributed by atoms with E-state index in [1.807, 2.05) is 60.7 Å². The van der Waals surface area contributed by atoms with Gasteiger partial charge in [0.1, 0.15) is 12.2 Å². The number of halogens is 3. The average molecular weight is 503 g/mol. The molecule has 0 fully saturated rings. The molecule has 0 aliphatic rings. The van der Waals surface area contributed by atoms with Gasteiger partial charge in [0.2, 0.25) is 5.90 Å². The summed E-state index contributed by atoms with van der Waals surface area (Å²) in [5, 5.41) is 7.60. The van der Waals surface area contributed by atoms with Crippen molar-refractivity contribution in [3.8, 4) is 0 Å². The Morgan fingerprint density at radius 1 is 0.818 bits per heavy atom. The number of ether oxygens (including phenoxy) is 2. The van der Waals surface area contributed by atoms with E-state index in [0.717, 1.165) is 16.7 Å². The van der Waals surface area contributed by atoms with Crippen molar-refractivity contribution in [2.45, 2.75) is 16.3 Å². The van der Waals surface area contributed by atoms with Gasteiger partial charge in [-0.3, -0.25) is 5.41 Å². The molecule has 0 aliphatic heterocycles. The van der Waals surface area contributed by atoms with Gasteiger partial charge in [-0.05, 0) is 22.6 Å². The van der Waals surface area contributed by atoms with Crippen molar-refractivity contribution in [1.82, 2.24) is 0 Å². The molecule has 6 heteroatoms. The van der Waals surface area contributed by atoms with Crippen LogP contribution in [0.1, 0.15) is 23.6 Å². The van der Waals surface area contributed by atoms with Gasteiger partial charge in [0.25, 0.3) is 3.79 Å². The second kappa shape index (κ2) is 11.7. The quantitative estimate of drug-likeness (QED) is 0.108. The molecule has 3 aromatic rings. The normalized spacial score (nSPS) is 13.1. The van der Waals surface area contributed by atoms with E-state index in [1.165, 1.54) is 0 Å². The van der Waals surface area contributed by atoms with Crippen LogP contribution in [-0.2, 0) is 15.1 Å². The molecule has 0 heterocycles. The van der Waals surface area contributed by atoms with E-state index >= 15 is 0 Å². The maximum Gasteiger partial charge on any atom is 0.265 e. The third-order valence-corrected chi connectivity index (χ3v) is 5.66. The van der Waals surface area contributed by atoms with Crippen LogP contribution in [0.2, 0.25) is 0 Å². The van der Waals surface area contributed by atoms with Gasteiger partial charge in [-0.15, -0.1) is 0 Å². The van der Waals surface area contributed by atoms with E-state index in [9.17, 15) is 0 Å². The molecule has 0 saturated carbocycles. The molecule has 3 aromatic carbocycles. The van der Waals surface area contributed by atoms with Crippen LogP contribution < -0.4 is 0 Å². The molecular formula is C27H26Cl3NO2. The van der Waals surface area contributed by atoms with Gasteiger partial charge in [0, 0.05) is 0 Å². The first-order chi connectivity index (χ1) is 15.8. The van der Waals surface area contributed by atoms with Crippen molar-refractivity contribution < 1.29 is 9.47 Å². The molecular weight excluding hydrogens is 477 g/mol. The zero-order valence-corrected chi connectivity index (χ0v) is 20.5. The summed E-state index contributed by atoms with van der Waals surface area (Å²) >= 11 is 16.9. The van der Waals surface area contributed by atoms with E-state index in [-0.39, 0.29) is 12.5 Å². The first kappa shape index (κ1) is 25.3. The summed E-state index contributed by atoms with van der Waals surface area (Å²) in [5.74, 6) is -0.330. The Balaban J connectivity index is 1.85. The van der Waals surface area contributed by atoms with Crippen molar-refractivity contribution in [2.24, 2.45) is 5.92 Å². The number of rotatable bonds is 9. The standard InChI is InChI=1S/C27H26Cl3NO2/c1-21(12-11-19-32-25(31)27(28,29)30)20-33-26(22-13-5-2-6-14-22,23-15-7-3-8-16-23)24-17-9-4-10-18-24/h2-18,21,31H,19-20H2,1H3/b12-11+,31-25?/t21-/m0/s1. The zero-order valence-electron chi connectivity index (χ0n) is 18.3. The van der Waals surface area contributed by atoms with E-state index < -0.39 is 15.3 Å². The lowest BCUT2D eigenvalue weighted by Gasteiger charge is -2.36. The fourth-order valence-corrected chi connectivity index (χ4v) is 3.75. The minimum Gasteiger partial charge on any atom is -0.474 e. The van der Waals surface area contributed by atoms with Crippen molar-refractivity contribution in [2.75, 3.05) is 13.2 Å². The maximum atomic E-state index is 7.60. The lowest BCUT2D eigenvalue weighted by atomic mass is 9.80. The Labute approximate surface area is 210 Å². The van der Waals surface area contributed by atoms with Gasteiger partial charge in [-0.2, -0.15) is 0 Å². The summed E-state index contributed by atoms with van der Waals surface area (Å²) < 4.78 is 10.1. The second-order valence-electron chi connectivity index (χ2n) is 7.63. The minimum atomic E-state index is -1.86. The van der Waals surface area contributed by atoms with Gasteiger partial charge < -0.3 is 9.47 Å². The van der Waals surface area contributed by atoms with Gasteiger partial charge >= 0.3 is 0 Å². The minimum absolute atomic E-state index is 0.0751. The van der Waals surface area contributed by atoms with Gasteiger partial charge in [-0.25, -0.2) is 0 Å². The van der Waals surface area contributed by atoms with Crippen LogP contribution in [0.4, 0.5) is 0 Å². The highest BCUT2D eigenvalue weighted by Crippen LogP contribution is 2.40. The molecule has 1 atom stereocenters. The highest BCUT2D eigenvalue weighted by atomic mass is 35.6. The predicted molar refractivity (Wildman–Crippen MR) is 137 cm³/mol. The van der Waals surface area contributed by atoms with E-state index in [4.69, 9.17) is 49.7 Å². The van der Waals surface area contributed by atoms with Crippen molar-refractivity contribution in [3.05, 3.63) is 120 Å². The van der Waals surface area contributed by atoms with Gasteiger partial charge in [0.05, 0.1) is 6.61 Å². The fraction of sp³-hybridized carbons (Fsp3) is 0.222. The van der Waals surface area contributed by atoms with Gasteiger partial charge in [0.15, 0.2) is 0 Å². The summed E-state index contributed by atoms with van der Waals surface area (Å²) in [6.45, 7) is 2.65. The fourth-order valence-electron chi connectivity index (χ4n) is 3.58. The van der Waals surface area contributed by atoms with Crippen LogP contribution in [0.25, 0.3) is 0 Å².